The Hall–Kier alpha value is -3.21. The maximum atomic E-state index is 13.7. The van der Waals surface area contributed by atoms with E-state index in [1.807, 2.05) is 18.2 Å². The molecule has 3 aromatic carbocycles. The molecule has 120 valence electrons. The SMILES string of the molecule is O=C(Nc1ccccc1Oc1ccccc1)c1cccc(F)c1F. The summed E-state index contributed by atoms with van der Waals surface area (Å²) in [6.45, 7) is 0. The number of hydrogen-bond donors (Lipinski definition) is 1. The number of carbonyl (C=O) groups excluding carboxylic acids is 1. The molecule has 5 heteroatoms. The Kier molecular flexibility index (Phi) is 4.52. The van der Waals surface area contributed by atoms with Crippen molar-refractivity contribution in [3.05, 3.63) is 90.0 Å². The minimum atomic E-state index is -1.18. The van der Waals surface area contributed by atoms with Gasteiger partial charge in [-0.15, -0.1) is 0 Å². The number of amides is 1. The summed E-state index contributed by atoms with van der Waals surface area (Å²) in [7, 11) is 0. The minimum absolute atomic E-state index is 0.356. The van der Waals surface area contributed by atoms with E-state index in [1.165, 1.54) is 12.1 Å². The molecule has 0 aromatic heterocycles. The molecule has 0 aliphatic heterocycles. The van der Waals surface area contributed by atoms with Crippen molar-refractivity contribution in [1.82, 2.24) is 0 Å². The first-order chi connectivity index (χ1) is 11.6. The molecule has 3 nitrogen and oxygen atoms in total. The fourth-order valence-electron chi connectivity index (χ4n) is 2.14. The summed E-state index contributed by atoms with van der Waals surface area (Å²) in [5.74, 6) is -2.02. The van der Waals surface area contributed by atoms with Gasteiger partial charge in [0.1, 0.15) is 5.75 Å². The van der Waals surface area contributed by atoms with Gasteiger partial charge < -0.3 is 10.1 Å². The van der Waals surface area contributed by atoms with E-state index in [0.29, 0.717) is 17.2 Å². The van der Waals surface area contributed by atoms with Crippen LogP contribution in [0, 0.1) is 11.6 Å². The van der Waals surface area contributed by atoms with Crippen LogP contribution >= 0.6 is 0 Å². The van der Waals surface area contributed by atoms with Crippen LogP contribution in [0.1, 0.15) is 10.4 Å². The van der Waals surface area contributed by atoms with Crippen molar-refractivity contribution < 1.29 is 18.3 Å². The Morgan fingerprint density at radius 1 is 0.833 bits per heavy atom. The summed E-state index contributed by atoms with van der Waals surface area (Å²) in [5, 5.41) is 2.54. The van der Waals surface area contributed by atoms with Crippen LogP contribution < -0.4 is 10.1 Å². The monoisotopic (exact) mass is 325 g/mol. The zero-order valence-electron chi connectivity index (χ0n) is 12.5. The number of hydrogen-bond acceptors (Lipinski definition) is 2. The van der Waals surface area contributed by atoms with Crippen LogP contribution in [0.25, 0.3) is 0 Å². The van der Waals surface area contributed by atoms with Crippen molar-refractivity contribution in [3.63, 3.8) is 0 Å². The van der Waals surface area contributed by atoms with Crippen molar-refractivity contribution in [2.75, 3.05) is 5.32 Å². The number of benzene rings is 3. The first-order valence-electron chi connectivity index (χ1n) is 7.22. The summed E-state index contributed by atoms with van der Waals surface area (Å²) < 4.78 is 32.7. The smallest absolute Gasteiger partial charge is 0.258 e. The number of rotatable bonds is 4. The maximum absolute atomic E-state index is 13.7. The molecule has 1 amide bonds. The van der Waals surface area contributed by atoms with Crippen LogP contribution in [0.2, 0.25) is 0 Å². The fourth-order valence-corrected chi connectivity index (χ4v) is 2.14. The normalized spacial score (nSPS) is 10.2. The average molecular weight is 325 g/mol. The Labute approximate surface area is 137 Å². The van der Waals surface area contributed by atoms with Crippen LogP contribution in [-0.4, -0.2) is 5.91 Å². The predicted octanol–water partition coefficient (Wildman–Crippen LogP) is 5.01. The Balaban J connectivity index is 1.85. The predicted molar refractivity (Wildman–Crippen MR) is 87.3 cm³/mol. The third-order valence-corrected chi connectivity index (χ3v) is 3.30. The van der Waals surface area contributed by atoms with E-state index in [4.69, 9.17) is 4.74 Å². The quantitative estimate of drug-likeness (QED) is 0.732. The van der Waals surface area contributed by atoms with Gasteiger partial charge in [-0.3, -0.25) is 4.79 Å². The Bertz CT molecular complexity index is 866. The van der Waals surface area contributed by atoms with Crippen molar-refractivity contribution in [2.45, 2.75) is 0 Å². The topological polar surface area (TPSA) is 38.3 Å². The second-order valence-electron chi connectivity index (χ2n) is 4.97. The molecule has 0 bridgehead atoms. The highest BCUT2D eigenvalue weighted by molar-refractivity contribution is 6.05. The summed E-state index contributed by atoms with van der Waals surface area (Å²) >= 11 is 0. The third-order valence-electron chi connectivity index (χ3n) is 3.30. The number of halogens is 2. The summed E-state index contributed by atoms with van der Waals surface area (Å²) in [6.07, 6.45) is 0. The van der Waals surface area contributed by atoms with Gasteiger partial charge in [0.2, 0.25) is 0 Å². The lowest BCUT2D eigenvalue weighted by molar-refractivity contribution is 0.102. The maximum Gasteiger partial charge on any atom is 0.258 e. The molecule has 0 aliphatic carbocycles. The minimum Gasteiger partial charge on any atom is -0.455 e. The van der Waals surface area contributed by atoms with E-state index in [0.717, 1.165) is 6.07 Å². The molecule has 3 rings (SSSR count). The molecule has 0 saturated carbocycles. The van der Waals surface area contributed by atoms with Gasteiger partial charge in [0.15, 0.2) is 17.4 Å². The van der Waals surface area contributed by atoms with Gasteiger partial charge in [0.25, 0.3) is 5.91 Å². The number of anilines is 1. The lowest BCUT2D eigenvalue weighted by atomic mass is 10.2. The molecule has 0 fully saturated rings. The average Bonchev–Trinajstić information content (AvgIpc) is 2.60. The first-order valence-corrected chi connectivity index (χ1v) is 7.22. The molecule has 0 aliphatic rings. The van der Waals surface area contributed by atoms with E-state index >= 15 is 0 Å². The number of para-hydroxylation sites is 3. The molecule has 0 unspecified atom stereocenters. The largest absolute Gasteiger partial charge is 0.455 e. The Morgan fingerprint density at radius 2 is 1.54 bits per heavy atom. The van der Waals surface area contributed by atoms with Crippen LogP contribution in [-0.2, 0) is 0 Å². The standard InChI is InChI=1S/C19H13F2NO2/c20-15-10-6-9-14(18(15)21)19(23)22-16-11-4-5-12-17(16)24-13-7-2-1-3-8-13/h1-12H,(H,22,23). The van der Waals surface area contributed by atoms with Crippen LogP contribution in [0.4, 0.5) is 14.5 Å². The second-order valence-corrected chi connectivity index (χ2v) is 4.97. The molecular weight excluding hydrogens is 312 g/mol. The van der Waals surface area contributed by atoms with Gasteiger partial charge in [-0.1, -0.05) is 36.4 Å². The second kappa shape index (κ2) is 6.91. The molecule has 0 heterocycles. The van der Waals surface area contributed by atoms with Gasteiger partial charge in [0, 0.05) is 0 Å². The van der Waals surface area contributed by atoms with E-state index in [2.05, 4.69) is 5.32 Å². The van der Waals surface area contributed by atoms with Crippen molar-refractivity contribution in [2.24, 2.45) is 0 Å². The van der Waals surface area contributed by atoms with Crippen molar-refractivity contribution in [1.29, 1.82) is 0 Å². The summed E-state index contributed by atoms with van der Waals surface area (Å²) in [6, 6.07) is 19.2. The van der Waals surface area contributed by atoms with Crippen molar-refractivity contribution in [3.8, 4) is 11.5 Å². The molecule has 24 heavy (non-hydrogen) atoms. The van der Waals surface area contributed by atoms with Gasteiger partial charge in [-0.25, -0.2) is 8.78 Å². The van der Waals surface area contributed by atoms with Crippen LogP contribution in [0.5, 0.6) is 11.5 Å². The van der Waals surface area contributed by atoms with Crippen LogP contribution in [0.15, 0.2) is 72.8 Å². The van der Waals surface area contributed by atoms with E-state index in [1.54, 1.807) is 36.4 Å². The molecule has 0 radical (unpaired) electrons. The molecule has 1 N–H and O–H groups in total. The first kappa shape index (κ1) is 15.7. The van der Waals surface area contributed by atoms with Gasteiger partial charge in [-0.05, 0) is 36.4 Å². The highest BCUT2D eigenvalue weighted by atomic mass is 19.2. The van der Waals surface area contributed by atoms with E-state index in [9.17, 15) is 13.6 Å². The van der Waals surface area contributed by atoms with Crippen molar-refractivity contribution >= 4 is 11.6 Å². The third kappa shape index (κ3) is 3.41. The summed E-state index contributed by atoms with van der Waals surface area (Å²) in [4.78, 5) is 12.2. The lowest BCUT2D eigenvalue weighted by Gasteiger charge is -2.12. The Morgan fingerprint density at radius 3 is 2.33 bits per heavy atom. The highest BCUT2D eigenvalue weighted by Gasteiger charge is 2.16. The molecule has 3 aromatic rings. The van der Waals surface area contributed by atoms with Gasteiger partial charge in [-0.2, -0.15) is 0 Å². The zero-order valence-corrected chi connectivity index (χ0v) is 12.5. The number of carbonyl (C=O) groups is 1. The molecular formula is C19H13F2NO2. The summed E-state index contributed by atoms with van der Waals surface area (Å²) in [5.41, 5.74) is -0.0143. The van der Waals surface area contributed by atoms with E-state index < -0.39 is 17.5 Å². The fraction of sp³-hybridized carbons (Fsp3) is 0. The van der Waals surface area contributed by atoms with Gasteiger partial charge in [0.05, 0.1) is 11.3 Å². The number of ether oxygens (including phenoxy) is 1. The van der Waals surface area contributed by atoms with Gasteiger partial charge >= 0.3 is 0 Å². The molecule has 0 spiro atoms. The molecule has 0 atom stereocenters. The van der Waals surface area contributed by atoms with Crippen LogP contribution in [0.3, 0.4) is 0 Å². The zero-order chi connectivity index (χ0) is 16.9. The highest BCUT2D eigenvalue weighted by Crippen LogP contribution is 2.29. The lowest BCUT2D eigenvalue weighted by Crippen LogP contribution is -2.15. The van der Waals surface area contributed by atoms with E-state index in [-0.39, 0.29) is 5.56 Å². The number of nitrogens with one attached hydrogen (secondary N) is 1. The molecule has 0 saturated heterocycles.